The summed E-state index contributed by atoms with van der Waals surface area (Å²) in [5.74, 6) is 1.33. The van der Waals surface area contributed by atoms with Crippen LogP contribution in [-0.4, -0.2) is 55.2 Å². The first-order valence-electron chi connectivity index (χ1n) is 8.84. The number of carbonyl (C=O) groups excluding carboxylic acids is 2. The molecule has 1 aromatic carbocycles. The first-order valence-corrected chi connectivity index (χ1v) is 8.84. The van der Waals surface area contributed by atoms with E-state index in [1.165, 1.54) is 0 Å². The van der Waals surface area contributed by atoms with Crippen LogP contribution < -0.4 is 14.8 Å². The maximum absolute atomic E-state index is 11.9. The zero-order valence-corrected chi connectivity index (χ0v) is 15.8. The molecule has 7 nitrogen and oxygen atoms in total. The predicted molar refractivity (Wildman–Crippen MR) is 95.9 cm³/mol. The van der Waals surface area contributed by atoms with Crippen LogP contribution in [0.4, 0.5) is 4.79 Å². The lowest BCUT2D eigenvalue weighted by Gasteiger charge is -2.22. The molecule has 1 N–H and O–H groups in total. The minimum Gasteiger partial charge on any atom is -0.496 e. The van der Waals surface area contributed by atoms with Gasteiger partial charge in [0.15, 0.2) is 6.61 Å². The van der Waals surface area contributed by atoms with E-state index < -0.39 is 11.7 Å². The topological polar surface area (TPSA) is 77.1 Å². The number of nitrogens with one attached hydrogen (secondary N) is 1. The molecular formula is C19H26N2O5. The first-order chi connectivity index (χ1) is 12.3. The van der Waals surface area contributed by atoms with Crippen LogP contribution >= 0.6 is 0 Å². The lowest BCUT2D eigenvalue weighted by atomic mass is 10.1. The van der Waals surface area contributed by atoms with Crippen molar-refractivity contribution in [3.63, 3.8) is 0 Å². The van der Waals surface area contributed by atoms with Crippen LogP contribution in [0.25, 0.3) is 0 Å². The Morgan fingerprint density at radius 2 is 2.15 bits per heavy atom. The molecule has 0 bridgehead atoms. The van der Waals surface area contributed by atoms with Crippen LogP contribution in [0.3, 0.4) is 0 Å². The van der Waals surface area contributed by atoms with Gasteiger partial charge in [-0.05, 0) is 39.3 Å². The highest BCUT2D eigenvalue weighted by Crippen LogP contribution is 2.37. The number of ketones is 1. The van der Waals surface area contributed by atoms with E-state index in [1.54, 1.807) is 13.2 Å². The quantitative estimate of drug-likeness (QED) is 0.886. The number of alkyl carbamates (subject to hydrolysis) is 1. The molecule has 1 amide bonds. The maximum atomic E-state index is 11.9. The van der Waals surface area contributed by atoms with Crippen molar-refractivity contribution < 1.29 is 23.8 Å². The van der Waals surface area contributed by atoms with Crippen LogP contribution in [0, 0.1) is 0 Å². The lowest BCUT2D eigenvalue weighted by Crippen LogP contribution is -2.40. The van der Waals surface area contributed by atoms with Gasteiger partial charge in [0.25, 0.3) is 0 Å². The molecule has 7 heteroatoms. The number of hydrogen-bond donors (Lipinski definition) is 1. The van der Waals surface area contributed by atoms with Crippen molar-refractivity contribution in [1.29, 1.82) is 0 Å². The third kappa shape index (κ3) is 4.09. The van der Waals surface area contributed by atoms with Crippen molar-refractivity contribution in [2.45, 2.75) is 45.4 Å². The Morgan fingerprint density at radius 3 is 2.85 bits per heavy atom. The zero-order chi connectivity index (χ0) is 18.9. The molecule has 0 unspecified atom stereocenters. The van der Waals surface area contributed by atoms with Crippen LogP contribution in [0.15, 0.2) is 12.1 Å². The maximum Gasteiger partial charge on any atom is 0.407 e. The minimum absolute atomic E-state index is 0.00482. The molecule has 3 rings (SSSR count). The Bertz CT molecular complexity index is 711. The Labute approximate surface area is 153 Å². The van der Waals surface area contributed by atoms with Gasteiger partial charge in [-0.15, -0.1) is 0 Å². The molecule has 0 saturated carbocycles. The average molecular weight is 362 g/mol. The molecule has 0 aromatic heterocycles. The molecule has 0 aliphatic carbocycles. The highest BCUT2D eigenvalue weighted by atomic mass is 16.6. The fraction of sp³-hybridized carbons (Fsp3) is 0.579. The van der Waals surface area contributed by atoms with Crippen molar-refractivity contribution in [2.24, 2.45) is 0 Å². The minimum atomic E-state index is -0.510. The molecule has 26 heavy (non-hydrogen) atoms. The molecule has 0 radical (unpaired) electrons. The lowest BCUT2D eigenvalue weighted by molar-refractivity contribution is 0.0505. The number of amides is 1. The van der Waals surface area contributed by atoms with E-state index in [2.05, 4.69) is 10.2 Å². The number of carbonyl (C=O) groups is 2. The van der Waals surface area contributed by atoms with E-state index in [9.17, 15) is 9.59 Å². The van der Waals surface area contributed by atoms with Crippen LogP contribution in [0.5, 0.6) is 11.5 Å². The van der Waals surface area contributed by atoms with E-state index in [-0.39, 0.29) is 18.4 Å². The highest BCUT2D eigenvalue weighted by Gasteiger charge is 2.30. The van der Waals surface area contributed by atoms with Crippen LogP contribution in [-0.2, 0) is 11.3 Å². The average Bonchev–Trinajstić information content (AvgIpc) is 3.13. The third-order valence-corrected chi connectivity index (χ3v) is 4.46. The summed E-state index contributed by atoms with van der Waals surface area (Å²) in [5.41, 5.74) is 0.988. The summed E-state index contributed by atoms with van der Waals surface area (Å²) in [6.45, 7) is 7.76. The SMILES string of the molecule is COc1ccc2c(c1CN1CC[C@H](NC(=O)OC(C)(C)C)C1)OCC2=O. The summed E-state index contributed by atoms with van der Waals surface area (Å²) in [7, 11) is 1.61. The molecule has 2 aliphatic heterocycles. The van der Waals surface area contributed by atoms with Gasteiger partial charge in [-0.25, -0.2) is 4.79 Å². The number of benzene rings is 1. The second kappa shape index (κ2) is 7.15. The standard InChI is InChI=1S/C19H26N2O5/c1-19(2,3)26-18(23)20-12-7-8-21(9-12)10-14-16(24-4)6-5-13-15(22)11-25-17(13)14/h5-6,12H,7-11H2,1-4H3,(H,20,23)/t12-/m0/s1. The fourth-order valence-corrected chi connectivity index (χ4v) is 3.34. The predicted octanol–water partition coefficient (Wildman–Crippen LogP) is 2.37. The molecule has 1 atom stereocenters. The normalized spacial score (nSPS) is 19.8. The number of Topliss-reactive ketones (excluding diaryl/α,β-unsaturated/α-hetero) is 1. The monoisotopic (exact) mass is 362 g/mol. The zero-order valence-electron chi connectivity index (χ0n) is 15.8. The largest absolute Gasteiger partial charge is 0.496 e. The summed E-state index contributed by atoms with van der Waals surface area (Å²) in [6, 6.07) is 3.60. The number of hydrogen-bond acceptors (Lipinski definition) is 6. The highest BCUT2D eigenvalue weighted by molar-refractivity contribution is 6.03. The van der Waals surface area contributed by atoms with Crippen molar-refractivity contribution in [1.82, 2.24) is 10.2 Å². The second-order valence-electron chi connectivity index (χ2n) is 7.70. The van der Waals surface area contributed by atoms with Gasteiger partial charge in [0.1, 0.15) is 17.1 Å². The van der Waals surface area contributed by atoms with Gasteiger partial charge in [0.2, 0.25) is 5.78 Å². The molecule has 142 valence electrons. The third-order valence-electron chi connectivity index (χ3n) is 4.46. The van der Waals surface area contributed by atoms with E-state index in [4.69, 9.17) is 14.2 Å². The first kappa shape index (κ1) is 18.5. The molecule has 2 aliphatic rings. The number of fused-ring (bicyclic) bond motifs is 1. The van der Waals surface area contributed by atoms with Crippen molar-refractivity contribution >= 4 is 11.9 Å². The van der Waals surface area contributed by atoms with E-state index in [0.717, 1.165) is 18.5 Å². The molecular weight excluding hydrogens is 336 g/mol. The molecule has 1 aromatic rings. The van der Waals surface area contributed by atoms with Gasteiger partial charge in [-0.1, -0.05) is 0 Å². The van der Waals surface area contributed by atoms with Crippen LogP contribution in [0.2, 0.25) is 0 Å². The Kier molecular flexibility index (Phi) is 5.09. The van der Waals surface area contributed by atoms with E-state index in [1.807, 2.05) is 26.8 Å². The Hall–Kier alpha value is -2.28. The van der Waals surface area contributed by atoms with Crippen molar-refractivity contribution in [3.05, 3.63) is 23.3 Å². The summed E-state index contributed by atoms with van der Waals surface area (Å²) in [4.78, 5) is 26.1. The van der Waals surface area contributed by atoms with Gasteiger partial charge >= 0.3 is 6.09 Å². The summed E-state index contributed by atoms with van der Waals surface area (Å²) in [6.07, 6.45) is 0.451. The van der Waals surface area contributed by atoms with Crippen molar-refractivity contribution in [3.8, 4) is 11.5 Å². The van der Waals surface area contributed by atoms with Gasteiger partial charge in [-0.2, -0.15) is 0 Å². The number of rotatable bonds is 4. The number of ether oxygens (including phenoxy) is 3. The van der Waals surface area contributed by atoms with Gasteiger partial charge in [0.05, 0.1) is 18.2 Å². The summed E-state index contributed by atoms with van der Waals surface area (Å²) >= 11 is 0. The smallest absolute Gasteiger partial charge is 0.407 e. The number of likely N-dealkylation sites (tertiary alicyclic amines) is 1. The molecule has 2 heterocycles. The Balaban J connectivity index is 1.65. The number of methoxy groups -OCH3 is 1. The van der Waals surface area contributed by atoms with E-state index >= 15 is 0 Å². The van der Waals surface area contributed by atoms with Crippen LogP contribution in [0.1, 0.15) is 43.1 Å². The molecule has 0 spiro atoms. The Morgan fingerprint density at radius 1 is 1.38 bits per heavy atom. The molecule has 1 fully saturated rings. The van der Waals surface area contributed by atoms with Gasteiger partial charge < -0.3 is 19.5 Å². The van der Waals surface area contributed by atoms with Crippen molar-refractivity contribution in [2.75, 3.05) is 26.8 Å². The fourth-order valence-electron chi connectivity index (χ4n) is 3.34. The summed E-state index contributed by atoms with van der Waals surface area (Å²) < 4.78 is 16.4. The van der Waals surface area contributed by atoms with Gasteiger partial charge in [-0.3, -0.25) is 9.69 Å². The summed E-state index contributed by atoms with van der Waals surface area (Å²) in [5, 5.41) is 2.92. The number of nitrogens with zero attached hydrogens (tertiary/aromatic N) is 1. The van der Waals surface area contributed by atoms with E-state index in [0.29, 0.717) is 30.2 Å². The van der Waals surface area contributed by atoms with Gasteiger partial charge in [0, 0.05) is 25.7 Å². The molecule has 1 saturated heterocycles. The second-order valence-corrected chi connectivity index (χ2v) is 7.70.